The molecule has 1 aliphatic heterocycles. The van der Waals surface area contributed by atoms with Gasteiger partial charge in [-0.25, -0.2) is 19.6 Å². The molecule has 0 aliphatic carbocycles. The lowest BCUT2D eigenvalue weighted by atomic mass is 9.84. The molecule has 0 spiro atoms. The molecular formula is C40H60N8O6. The van der Waals surface area contributed by atoms with Gasteiger partial charge in [0.05, 0.1) is 30.4 Å². The van der Waals surface area contributed by atoms with E-state index < -0.39 is 53.0 Å². The second-order valence-electron chi connectivity index (χ2n) is 17.7. The second kappa shape index (κ2) is 17.2. The van der Waals surface area contributed by atoms with Crippen molar-refractivity contribution in [1.29, 1.82) is 0 Å². The predicted molar refractivity (Wildman–Crippen MR) is 207 cm³/mol. The molecule has 5 amide bonds. The zero-order valence-electron chi connectivity index (χ0n) is 33.3. The average molecular weight is 749 g/mol. The molecule has 0 unspecified atom stereocenters. The third-order valence-corrected chi connectivity index (χ3v) is 9.65. The van der Waals surface area contributed by atoms with Crippen LogP contribution in [-0.2, 0) is 22.6 Å². The van der Waals surface area contributed by atoms with Crippen LogP contribution in [0.2, 0.25) is 0 Å². The van der Waals surface area contributed by atoms with Crippen LogP contribution in [0.1, 0.15) is 80.1 Å². The number of hydrogen-bond acceptors (Lipinski definition) is 7. The number of aromatic nitrogens is 2. The van der Waals surface area contributed by atoms with E-state index in [0.29, 0.717) is 26.1 Å². The Kier molecular flexibility index (Phi) is 13.4. The van der Waals surface area contributed by atoms with E-state index in [-0.39, 0.29) is 31.0 Å². The van der Waals surface area contributed by atoms with Gasteiger partial charge in [-0.1, -0.05) is 98.7 Å². The highest BCUT2D eigenvalue weighted by atomic mass is 16.4. The van der Waals surface area contributed by atoms with E-state index in [1.165, 1.54) is 0 Å². The van der Waals surface area contributed by atoms with E-state index in [4.69, 9.17) is 0 Å². The number of hydrogen-bond donors (Lipinski definition) is 5. The van der Waals surface area contributed by atoms with Crippen LogP contribution in [0.5, 0.6) is 0 Å². The zero-order chi connectivity index (χ0) is 40.0. The highest BCUT2D eigenvalue weighted by molar-refractivity contribution is 5.89. The smallest absolute Gasteiger partial charge is 0.405 e. The normalized spacial score (nSPS) is 16.3. The Balaban J connectivity index is 1.57. The number of carbonyl (C=O) groups is 4. The number of fused-ring (bicyclic) bond motifs is 1. The monoisotopic (exact) mass is 748 g/mol. The maximum Gasteiger partial charge on any atom is 0.405 e. The first-order valence-corrected chi connectivity index (χ1v) is 18.7. The number of amides is 5. The number of aliphatic hydroxyl groups is 1. The summed E-state index contributed by atoms with van der Waals surface area (Å²) in [6.07, 6.45) is 2.11. The molecule has 14 nitrogen and oxygen atoms in total. The van der Waals surface area contributed by atoms with Gasteiger partial charge in [0.25, 0.3) is 5.91 Å². The van der Waals surface area contributed by atoms with E-state index in [0.717, 1.165) is 16.9 Å². The molecule has 1 aromatic carbocycles. The fourth-order valence-electron chi connectivity index (χ4n) is 6.73. The molecule has 2 aromatic heterocycles. The Morgan fingerprint density at radius 1 is 0.889 bits per heavy atom. The van der Waals surface area contributed by atoms with E-state index in [1.54, 1.807) is 41.8 Å². The summed E-state index contributed by atoms with van der Waals surface area (Å²) in [6, 6.07) is 12.3. The topological polar surface area (TPSA) is 172 Å². The van der Waals surface area contributed by atoms with Gasteiger partial charge in [0.15, 0.2) is 0 Å². The fraction of sp³-hybridized carbons (Fsp3) is 0.575. The minimum Gasteiger partial charge on any atom is -0.465 e. The zero-order valence-corrected chi connectivity index (χ0v) is 33.3. The summed E-state index contributed by atoms with van der Waals surface area (Å²) in [5.74, 6) is -0.227. The van der Waals surface area contributed by atoms with Crippen LogP contribution in [0, 0.1) is 16.2 Å². The molecule has 296 valence electrons. The number of pyridine rings is 1. The number of benzene rings is 1. The number of imidazole rings is 1. The number of urea groups is 1. The standard InChI is InChI=1S/C40H60N8O6/c1-38(2,3)18-20-46(44-34(50)32(39(4,5)6)43-36(52)53)25-30(49)29(23-27-15-11-10-12-16-27)42-35(51)33(40(7,8)9)48-22-21-45(37(48)54)26-31-41-24-28-17-13-14-19-47(28)31/h10-17,19,24,29-30,32-33,43,49H,18,20-23,25-26H2,1-9H3,(H,42,51)(H,44,50)(H,52,53)/t29-,30-,32+,33+/m0/s1. The van der Waals surface area contributed by atoms with Gasteiger partial charge in [0.1, 0.15) is 17.9 Å². The Morgan fingerprint density at radius 2 is 1.56 bits per heavy atom. The van der Waals surface area contributed by atoms with Crippen molar-refractivity contribution in [3.05, 3.63) is 72.3 Å². The van der Waals surface area contributed by atoms with Crippen LogP contribution in [0.4, 0.5) is 9.59 Å². The van der Waals surface area contributed by atoms with Gasteiger partial charge < -0.3 is 35.0 Å². The first-order valence-electron chi connectivity index (χ1n) is 18.7. The Hall–Kier alpha value is -4.69. The van der Waals surface area contributed by atoms with Crippen LogP contribution in [0.25, 0.3) is 5.52 Å². The van der Waals surface area contributed by atoms with Gasteiger partial charge in [-0.05, 0) is 46.8 Å². The predicted octanol–water partition coefficient (Wildman–Crippen LogP) is 4.53. The van der Waals surface area contributed by atoms with Crippen molar-refractivity contribution in [3.8, 4) is 0 Å². The van der Waals surface area contributed by atoms with Gasteiger partial charge in [0.2, 0.25) is 5.91 Å². The summed E-state index contributed by atoms with van der Waals surface area (Å²) in [5, 5.41) is 28.5. The summed E-state index contributed by atoms with van der Waals surface area (Å²) in [7, 11) is 0. The van der Waals surface area contributed by atoms with Crippen LogP contribution in [0.15, 0.2) is 60.9 Å². The quantitative estimate of drug-likeness (QED) is 0.141. The van der Waals surface area contributed by atoms with Gasteiger partial charge in [0, 0.05) is 32.4 Å². The Labute approximate surface area is 319 Å². The lowest BCUT2D eigenvalue weighted by Gasteiger charge is -2.38. The lowest BCUT2D eigenvalue weighted by Crippen LogP contribution is -2.61. The van der Waals surface area contributed by atoms with Crippen molar-refractivity contribution >= 4 is 29.5 Å². The number of carbonyl (C=O) groups excluding carboxylic acids is 3. The van der Waals surface area contributed by atoms with Gasteiger partial charge in [-0.15, -0.1) is 0 Å². The lowest BCUT2D eigenvalue weighted by molar-refractivity contribution is -0.133. The number of aliphatic hydroxyl groups excluding tert-OH is 1. The average Bonchev–Trinajstić information content (AvgIpc) is 3.64. The molecule has 1 aliphatic rings. The first kappa shape index (κ1) is 42.1. The van der Waals surface area contributed by atoms with Crippen LogP contribution >= 0.6 is 0 Å². The van der Waals surface area contributed by atoms with Gasteiger partial charge >= 0.3 is 12.1 Å². The first-order chi connectivity index (χ1) is 25.1. The molecule has 5 N–H and O–H groups in total. The number of hydrazine groups is 1. The molecule has 0 radical (unpaired) electrons. The maximum atomic E-state index is 14.5. The molecule has 0 saturated carbocycles. The van der Waals surface area contributed by atoms with E-state index in [1.807, 2.05) is 79.9 Å². The van der Waals surface area contributed by atoms with E-state index in [2.05, 4.69) is 41.8 Å². The molecule has 0 bridgehead atoms. The van der Waals surface area contributed by atoms with Gasteiger partial charge in [-0.3, -0.25) is 15.0 Å². The molecule has 1 fully saturated rings. The highest BCUT2D eigenvalue weighted by Crippen LogP contribution is 2.29. The third kappa shape index (κ3) is 11.4. The van der Waals surface area contributed by atoms with Crippen molar-refractivity contribution in [2.75, 3.05) is 26.2 Å². The van der Waals surface area contributed by atoms with Crippen LogP contribution < -0.4 is 16.1 Å². The maximum absolute atomic E-state index is 14.5. The van der Waals surface area contributed by atoms with Crippen molar-refractivity contribution in [3.63, 3.8) is 0 Å². The van der Waals surface area contributed by atoms with Crippen LogP contribution in [0.3, 0.4) is 0 Å². The number of rotatable bonds is 15. The fourth-order valence-corrected chi connectivity index (χ4v) is 6.73. The largest absolute Gasteiger partial charge is 0.465 e. The molecule has 54 heavy (non-hydrogen) atoms. The highest BCUT2D eigenvalue weighted by Gasteiger charge is 2.44. The summed E-state index contributed by atoms with van der Waals surface area (Å²) >= 11 is 0. The molecule has 4 rings (SSSR count). The third-order valence-electron chi connectivity index (χ3n) is 9.65. The molecule has 1 saturated heterocycles. The number of nitrogens with one attached hydrogen (secondary N) is 3. The number of nitrogens with zero attached hydrogens (tertiary/aromatic N) is 5. The molecule has 3 heterocycles. The molecule has 14 heteroatoms. The van der Waals surface area contributed by atoms with E-state index >= 15 is 0 Å². The molecule has 3 aromatic rings. The number of carboxylic acid groups (broad SMARTS) is 1. The minimum absolute atomic E-state index is 0.0571. The Bertz CT molecular complexity index is 1740. The summed E-state index contributed by atoms with van der Waals surface area (Å²) in [5.41, 5.74) is 3.16. The second-order valence-corrected chi connectivity index (χ2v) is 17.7. The summed E-state index contributed by atoms with van der Waals surface area (Å²) in [6.45, 7) is 18.6. The van der Waals surface area contributed by atoms with Crippen LogP contribution in [-0.4, -0.2) is 109 Å². The van der Waals surface area contributed by atoms with Crippen molar-refractivity contribution < 1.29 is 29.4 Å². The van der Waals surface area contributed by atoms with Crippen molar-refractivity contribution in [1.82, 2.24) is 40.3 Å². The summed E-state index contributed by atoms with van der Waals surface area (Å²) < 4.78 is 1.94. The van der Waals surface area contributed by atoms with Crippen molar-refractivity contribution in [2.45, 2.75) is 106 Å². The molecular weight excluding hydrogens is 688 g/mol. The SMILES string of the molecule is CC(C)(C)CCN(C[C@H](O)[C@H](Cc1ccccc1)NC(=O)[C@@H](N1CCN(Cc2ncc3ccccn23)C1=O)C(C)(C)C)NC(=O)[C@@H](NC(=O)O)C(C)(C)C. The van der Waals surface area contributed by atoms with Gasteiger partial charge in [-0.2, -0.15) is 0 Å². The Morgan fingerprint density at radius 3 is 2.17 bits per heavy atom. The van der Waals surface area contributed by atoms with Crippen molar-refractivity contribution in [2.24, 2.45) is 16.2 Å². The molecule has 4 atom stereocenters. The van der Waals surface area contributed by atoms with E-state index in [9.17, 15) is 29.4 Å². The minimum atomic E-state index is -1.32. The summed E-state index contributed by atoms with van der Waals surface area (Å²) in [4.78, 5) is 61.4.